The third-order valence-corrected chi connectivity index (χ3v) is 8.02. The molecule has 1 spiro atoms. The van der Waals surface area contributed by atoms with E-state index in [2.05, 4.69) is 118 Å². The van der Waals surface area contributed by atoms with E-state index in [1.54, 1.807) is 0 Å². The summed E-state index contributed by atoms with van der Waals surface area (Å²) in [5.74, 6) is 3.08. The Kier molecular flexibility index (Phi) is 2.70. The molecule has 6 aromatic rings. The van der Waals surface area contributed by atoms with Gasteiger partial charge in [-0.25, -0.2) is 4.57 Å². The number of hydrogen-bond acceptors (Lipinski definition) is 1. The summed E-state index contributed by atoms with van der Waals surface area (Å²) in [5, 5.41) is 2.46. The molecule has 0 fully saturated rings. The minimum absolute atomic E-state index is 0.503. The number of pyridine rings is 1. The van der Waals surface area contributed by atoms with Crippen LogP contribution in [0.4, 0.5) is 0 Å². The summed E-state index contributed by atoms with van der Waals surface area (Å²) >= 11 is 0. The molecule has 1 atom stereocenters. The zero-order chi connectivity index (χ0) is 22.2. The minimum Gasteiger partial charge on any atom is -0.448 e. The Bertz CT molecular complexity index is 1870. The highest BCUT2D eigenvalue weighted by Gasteiger charge is 2.69. The van der Waals surface area contributed by atoms with Crippen LogP contribution in [0.5, 0.6) is 11.5 Å². The summed E-state index contributed by atoms with van der Waals surface area (Å²) in [6.07, 6.45) is 2.24. The van der Waals surface area contributed by atoms with E-state index >= 15 is 0 Å². The van der Waals surface area contributed by atoms with Crippen molar-refractivity contribution < 1.29 is 13.9 Å². The number of aryl methyl sites for hydroxylation is 1. The van der Waals surface area contributed by atoms with Gasteiger partial charge in [0.25, 0.3) is 0 Å². The number of fused-ring (bicyclic) bond motifs is 9. The number of imidazole rings is 1. The standard InChI is InChI=1S/C30H19N3O/c1-31-23-14-8-15-24-27(23)33-28-25(34-24)17-18-9-2-3-10-19(18)26(28)30(29(31)33)21-12-5-4-11-20(21)22-13-6-7-16-32(22)30/h2-17H,1H3/q+2. The molecule has 3 aliphatic rings. The smallest absolute Gasteiger partial charge is 0.346 e. The molecule has 5 heterocycles. The van der Waals surface area contributed by atoms with Crippen molar-refractivity contribution in [3.8, 4) is 28.4 Å². The first-order chi connectivity index (χ1) is 16.8. The second kappa shape index (κ2) is 5.37. The molecule has 4 heteroatoms. The fraction of sp³-hybridized carbons (Fsp3) is 0.0667. The first-order valence-electron chi connectivity index (χ1n) is 11.7. The number of aromatic nitrogens is 3. The van der Waals surface area contributed by atoms with E-state index in [0.29, 0.717) is 0 Å². The Labute approximate surface area is 195 Å². The quantitative estimate of drug-likeness (QED) is 0.301. The molecule has 34 heavy (non-hydrogen) atoms. The Morgan fingerprint density at radius 2 is 1.68 bits per heavy atom. The van der Waals surface area contributed by atoms with Gasteiger partial charge in [0.2, 0.25) is 11.2 Å². The second-order valence-electron chi connectivity index (χ2n) is 9.48. The Hall–Kier alpha value is -4.44. The van der Waals surface area contributed by atoms with Crippen molar-refractivity contribution in [2.45, 2.75) is 5.54 Å². The Morgan fingerprint density at radius 3 is 2.65 bits per heavy atom. The summed E-state index contributed by atoms with van der Waals surface area (Å²) in [6.45, 7) is 0. The molecule has 0 aliphatic carbocycles. The topological polar surface area (TPSA) is 21.9 Å². The molecule has 4 aromatic carbocycles. The first-order valence-corrected chi connectivity index (χ1v) is 11.7. The summed E-state index contributed by atoms with van der Waals surface area (Å²) in [7, 11) is 2.20. The predicted molar refractivity (Wildman–Crippen MR) is 129 cm³/mol. The van der Waals surface area contributed by atoms with Crippen LogP contribution in [-0.4, -0.2) is 4.57 Å². The zero-order valence-corrected chi connectivity index (χ0v) is 18.5. The van der Waals surface area contributed by atoms with Crippen LogP contribution in [-0.2, 0) is 12.6 Å². The average Bonchev–Trinajstić information content (AvgIpc) is 3.47. The van der Waals surface area contributed by atoms with Crippen molar-refractivity contribution in [2.75, 3.05) is 0 Å². The van der Waals surface area contributed by atoms with Gasteiger partial charge in [0.1, 0.15) is 0 Å². The minimum atomic E-state index is -0.503. The van der Waals surface area contributed by atoms with E-state index < -0.39 is 5.54 Å². The first kappa shape index (κ1) is 17.1. The van der Waals surface area contributed by atoms with Crippen LogP contribution < -0.4 is 13.9 Å². The third-order valence-electron chi connectivity index (χ3n) is 8.02. The molecule has 4 nitrogen and oxygen atoms in total. The molecule has 0 radical (unpaired) electrons. The lowest BCUT2D eigenvalue weighted by Gasteiger charge is -2.21. The van der Waals surface area contributed by atoms with Gasteiger partial charge < -0.3 is 4.74 Å². The van der Waals surface area contributed by atoms with E-state index in [4.69, 9.17) is 4.74 Å². The SMILES string of the molecule is Cn1c2[n+]3c4c(cccc41)Oc1cc4ccccc4c(c1-3)C21c2ccccc2-c2cccc[n+]21. The van der Waals surface area contributed by atoms with Crippen molar-refractivity contribution in [2.24, 2.45) is 7.05 Å². The van der Waals surface area contributed by atoms with Crippen molar-refractivity contribution in [1.29, 1.82) is 0 Å². The van der Waals surface area contributed by atoms with Crippen LogP contribution in [0.3, 0.4) is 0 Å². The number of nitrogens with zero attached hydrogens (tertiary/aromatic N) is 3. The van der Waals surface area contributed by atoms with Gasteiger partial charge in [0.15, 0.2) is 28.9 Å². The molecule has 0 bridgehead atoms. The van der Waals surface area contributed by atoms with Gasteiger partial charge in [-0.2, -0.15) is 9.13 Å². The van der Waals surface area contributed by atoms with Gasteiger partial charge in [-0.1, -0.05) is 48.5 Å². The molecule has 0 saturated heterocycles. The summed E-state index contributed by atoms with van der Waals surface area (Å²) < 4.78 is 13.9. The zero-order valence-electron chi connectivity index (χ0n) is 18.5. The van der Waals surface area contributed by atoms with Gasteiger partial charge >= 0.3 is 11.4 Å². The summed E-state index contributed by atoms with van der Waals surface area (Å²) in [5.41, 5.74) is 8.10. The van der Waals surface area contributed by atoms with Gasteiger partial charge in [-0.05, 0) is 41.1 Å². The molecule has 0 N–H and O–H groups in total. The van der Waals surface area contributed by atoms with E-state index in [0.717, 1.165) is 22.7 Å². The predicted octanol–water partition coefficient (Wildman–Crippen LogP) is 5.14. The highest BCUT2D eigenvalue weighted by molar-refractivity contribution is 5.96. The molecular formula is C30H19N3O+2. The van der Waals surface area contributed by atoms with E-state index in [-0.39, 0.29) is 0 Å². The number of benzene rings is 4. The fourth-order valence-electron chi connectivity index (χ4n) is 6.88. The van der Waals surface area contributed by atoms with E-state index in [1.807, 2.05) is 0 Å². The van der Waals surface area contributed by atoms with Crippen LogP contribution >= 0.6 is 0 Å². The van der Waals surface area contributed by atoms with E-state index in [9.17, 15) is 0 Å². The maximum atomic E-state index is 6.62. The van der Waals surface area contributed by atoms with Gasteiger partial charge in [-0.3, -0.25) is 0 Å². The number of rotatable bonds is 0. The molecule has 0 saturated carbocycles. The maximum absolute atomic E-state index is 6.62. The van der Waals surface area contributed by atoms with Crippen LogP contribution in [0, 0.1) is 0 Å². The van der Waals surface area contributed by atoms with Crippen LogP contribution in [0.1, 0.15) is 17.0 Å². The average molecular weight is 438 g/mol. The number of para-hydroxylation sites is 1. The summed E-state index contributed by atoms with van der Waals surface area (Å²) in [6, 6.07) is 32.7. The highest BCUT2D eigenvalue weighted by Crippen LogP contribution is 2.56. The molecule has 2 aromatic heterocycles. The fourth-order valence-corrected chi connectivity index (χ4v) is 6.88. The van der Waals surface area contributed by atoms with Crippen LogP contribution in [0.2, 0.25) is 0 Å². The van der Waals surface area contributed by atoms with Crippen molar-refractivity contribution in [3.63, 3.8) is 0 Å². The van der Waals surface area contributed by atoms with Gasteiger partial charge in [-0.15, -0.1) is 0 Å². The lowest BCUT2D eigenvalue weighted by atomic mass is 9.80. The van der Waals surface area contributed by atoms with Crippen LogP contribution in [0.15, 0.2) is 97.2 Å². The lowest BCUT2D eigenvalue weighted by Crippen LogP contribution is -2.57. The largest absolute Gasteiger partial charge is 0.448 e. The van der Waals surface area contributed by atoms with Crippen molar-refractivity contribution in [3.05, 3.63) is 114 Å². The molecule has 3 aliphatic heterocycles. The normalized spacial score (nSPS) is 17.9. The van der Waals surface area contributed by atoms with Gasteiger partial charge in [0, 0.05) is 12.1 Å². The molecular weight excluding hydrogens is 418 g/mol. The molecule has 0 amide bonds. The maximum Gasteiger partial charge on any atom is 0.346 e. The molecule has 9 rings (SSSR count). The van der Waals surface area contributed by atoms with E-state index in [1.165, 1.54) is 44.5 Å². The number of ether oxygens (including phenoxy) is 1. The lowest BCUT2D eigenvalue weighted by molar-refractivity contribution is -0.733. The Morgan fingerprint density at radius 1 is 0.824 bits per heavy atom. The molecule has 1 unspecified atom stereocenters. The third kappa shape index (κ3) is 1.59. The number of hydrogen-bond donors (Lipinski definition) is 0. The second-order valence-corrected chi connectivity index (χ2v) is 9.48. The summed E-state index contributed by atoms with van der Waals surface area (Å²) in [4.78, 5) is 0. The monoisotopic (exact) mass is 437 g/mol. The van der Waals surface area contributed by atoms with Gasteiger partial charge in [0.05, 0.1) is 23.7 Å². The van der Waals surface area contributed by atoms with Crippen molar-refractivity contribution >= 4 is 21.8 Å². The van der Waals surface area contributed by atoms with Crippen molar-refractivity contribution in [1.82, 2.24) is 4.57 Å². The Balaban J connectivity index is 1.65. The highest BCUT2D eigenvalue weighted by atomic mass is 16.5. The van der Waals surface area contributed by atoms with Crippen LogP contribution in [0.25, 0.3) is 38.8 Å². The molecule has 158 valence electrons.